The third-order valence-corrected chi connectivity index (χ3v) is 2.94. The van der Waals surface area contributed by atoms with Gasteiger partial charge in [0.2, 0.25) is 0 Å². The molecule has 0 aliphatic carbocycles. The summed E-state index contributed by atoms with van der Waals surface area (Å²) in [5.41, 5.74) is 5.81. The number of azo groups is 1. The molecule has 0 bridgehead atoms. The second-order valence-corrected chi connectivity index (χ2v) is 4.76. The summed E-state index contributed by atoms with van der Waals surface area (Å²) in [6.45, 7) is 6.75. The van der Waals surface area contributed by atoms with Crippen molar-refractivity contribution in [3.63, 3.8) is 0 Å². The van der Waals surface area contributed by atoms with Gasteiger partial charge in [0, 0.05) is 6.92 Å². The summed E-state index contributed by atoms with van der Waals surface area (Å²) < 4.78 is 0. The fourth-order valence-electron chi connectivity index (χ4n) is 1.90. The topological polar surface area (TPSA) is 83.4 Å². The Morgan fingerprint density at radius 3 is 2.62 bits per heavy atom. The number of carbonyl (C=O) groups is 2. The van der Waals surface area contributed by atoms with Gasteiger partial charge < -0.3 is 4.84 Å². The van der Waals surface area contributed by atoms with Gasteiger partial charge in [0.1, 0.15) is 0 Å². The highest BCUT2D eigenvalue weighted by Gasteiger charge is 2.32. The van der Waals surface area contributed by atoms with Gasteiger partial charge in [-0.1, -0.05) is 17.7 Å². The molecular weight excluding hydrogens is 272 g/mol. The average Bonchev–Trinajstić information content (AvgIpc) is 2.80. The summed E-state index contributed by atoms with van der Waals surface area (Å²) in [7, 11) is 0. The van der Waals surface area contributed by atoms with E-state index in [0.29, 0.717) is 5.70 Å². The maximum atomic E-state index is 11.9. The number of allylic oxidation sites excluding steroid dienone is 1. The maximum Gasteiger partial charge on any atom is 0.378 e. The van der Waals surface area contributed by atoms with Crippen LogP contribution >= 0.6 is 0 Å². The zero-order chi connectivity index (χ0) is 15.6. The van der Waals surface area contributed by atoms with Crippen LogP contribution in [0.3, 0.4) is 0 Å². The normalized spacial score (nSPS) is 17.3. The van der Waals surface area contributed by atoms with E-state index in [-0.39, 0.29) is 5.70 Å². The molecule has 7 heteroatoms. The lowest BCUT2D eigenvalue weighted by molar-refractivity contribution is -0.140. The number of hydrogen-bond donors (Lipinski definition) is 1. The minimum Gasteiger partial charge on any atom is -0.345 e. The summed E-state index contributed by atoms with van der Waals surface area (Å²) in [6, 6.07) is 5.84. The van der Waals surface area contributed by atoms with Gasteiger partial charge in [-0.3, -0.25) is 4.79 Å². The molecule has 110 valence electrons. The van der Waals surface area contributed by atoms with Crippen LogP contribution in [0, 0.1) is 13.8 Å². The fraction of sp³-hybridized carbons (Fsp3) is 0.286. The van der Waals surface area contributed by atoms with E-state index in [1.54, 1.807) is 6.92 Å². The van der Waals surface area contributed by atoms with Gasteiger partial charge in [-0.2, -0.15) is 0 Å². The molecule has 1 amide bonds. The molecule has 0 unspecified atom stereocenters. The Morgan fingerprint density at radius 1 is 1.24 bits per heavy atom. The van der Waals surface area contributed by atoms with E-state index in [1.165, 1.54) is 11.9 Å². The lowest BCUT2D eigenvalue weighted by Gasteiger charge is -2.19. The molecular formula is C14H16N4O3. The van der Waals surface area contributed by atoms with Crippen LogP contribution in [0.25, 0.3) is 0 Å². The van der Waals surface area contributed by atoms with Crippen molar-refractivity contribution in [1.82, 2.24) is 5.59 Å². The minimum absolute atomic E-state index is 0.203. The maximum absolute atomic E-state index is 11.9. The van der Waals surface area contributed by atoms with Crippen molar-refractivity contribution in [2.24, 2.45) is 10.2 Å². The molecule has 0 aromatic heterocycles. The third-order valence-electron chi connectivity index (χ3n) is 2.94. The molecule has 1 aromatic carbocycles. The van der Waals surface area contributed by atoms with Crippen molar-refractivity contribution in [2.45, 2.75) is 27.7 Å². The molecule has 1 aliphatic heterocycles. The van der Waals surface area contributed by atoms with Crippen molar-refractivity contribution in [3.8, 4) is 0 Å². The van der Waals surface area contributed by atoms with Crippen LogP contribution in [0.1, 0.15) is 25.0 Å². The lowest BCUT2D eigenvalue weighted by atomic mass is 10.1. The van der Waals surface area contributed by atoms with Gasteiger partial charge in [0.25, 0.3) is 5.91 Å². The molecule has 7 nitrogen and oxygen atoms in total. The van der Waals surface area contributed by atoms with Crippen LogP contribution in [0.15, 0.2) is 39.8 Å². The summed E-state index contributed by atoms with van der Waals surface area (Å²) in [6.07, 6.45) is 0. The van der Waals surface area contributed by atoms with Gasteiger partial charge in [-0.05, 0) is 38.0 Å². The first-order chi connectivity index (χ1) is 9.90. The Morgan fingerprint density at radius 2 is 1.95 bits per heavy atom. The molecule has 21 heavy (non-hydrogen) atoms. The standard InChI is InChI=1S/C14H16N4O3/c1-8-5-6-9(2)12(7-8)18-13(14(20)21-17-18)10(3)15-16-11(4)19/h5-7,17H,1-4H3/b13-10+,16-15?. The molecule has 0 atom stereocenters. The van der Waals surface area contributed by atoms with Crippen molar-refractivity contribution in [3.05, 3.63) is 40.7 Å². The van der Waals surface area contributed by atoms with E-state index in [4.69, 9.17) is 4.84 Å². The summed E-state index contributed by atoms with van der Waals surface area (Å²) in [4.78, 5) is 27.6. The first-order valence-electron chi connectivity index (χ1n) is 6.37. The Hall–Kier alpha value is -2.54. The monoisotopic (exact) mass is 288 g/mol. The number of hydrazine groups is 1. The molecule has 1 fully saturated rings. The Balaban J connectivity index is 2.48. The minimum atomic E-state index is -0.573. The van der Waals surface area contributed by atoms with Gasteiger partial charge in [-0.15, -0.1) is 10.2 Å². The first-order valence-corrected chi connectivity index (χ1v) is 6.37. The van der Waals surface area contributed by atoms with Crippen LogP contribution in [0.5, 0.6) is 0 Å². The summed E-state index contributed by atoms with van der Waals surface area (Å²) in [5, 5.41) is 8.69. The fourth-order valence-corrected chi connectivity index (χ4v) is 1.90. The highest BCUT2D eigenvalue weighted by atomic mass is 16.7. The van der Waals surface area contributed by atoms with Gasteiger partial charge in [-0.25, -0.2) is 9.80 Å². The van der Waals surface area contributed by atoms with Gasteiger partial charge in [0.05, 0.1) is 11.4 Å². The van der Waals surface area contributed by atoms with Crippen LogP contribution in [-0.4, -0.2) is 11.9 Å². The van der Waals surface area contributed by atoms with Crippen LogP contribution in [0.4, 0.5) is 5.69 Å². The van der Waals surface area contributed by atoms with Crippen molar-refractivity contribution >= 4 is 17.6 Å². The van der Waals surface area contributed by atoms with Crippen molar-refractivity contribution in [1.29, 1.82) is 0 Å². The molecule has 2 rings (SSSR count). The SMILES string of the molecule is CC(=O)N=N/C(C)=C1\C(=O)ONN1c1cc(C)ccc1C. The Labute approximate surface area is 122 Å². The summed E-state index contributed by atoms with van der Waals surface area (Å²) >= 11 is 0. The number of amides is 1. The second kappa shape index (κ2) is 5.84. The van der Waals surface area contributed by atoms with Crippen LogP contribution < -0.4 is 10.6 Å². The smallest absolute Gasteiger partial charge is 0.345 e. The van der Waals surface area contributed by atoms with Gasteiger partial charge in [0.15, 0.2) is 5.70 Å². The number of benzene rings is 1. The largest absolute Gasteiger partial charge is 0.378 e. The number of carbonyl (C=O) groups excluding carboxylic acids is 2. The molecule has 0 spiro atoms. The van der Waals surface area contributed by atoms with E-state index < -0.39 is 11.9 Å². The molecule has 1 aliphatic rings. The van der Waals surface area contributed by atoms with E-state index in [0.717, 1.165) is 16.8 Å². The first kappa shape index (κ1) is 14.9. The number of anilines is 1. The van der Waals surface area contributed by atoms with E-state index >= 15 is 0 Å². The quantitative estimate of drug-likeness (QED) is 0.667. The predicted octanol–water partition coefficient (Wildman–Crippen LogP) is 2.32. The highest BCUT2D eigenvalue weighted by molar-refractivity contribution is 5.95. The highest BCUT2D eigenvalue weighted by Crippen LogP contribution is 2.28. The number of nitrogens with zero attached hydrogens (tertiary/aromatic N) is 3. The molecule has 0 radical (unpaired) electrons. The third kappa shape index (κ3) is 3.14. The van der Waals surface area contributed by atoms with E-state index in [2.05, 4.69) is 15.8 Å². The Bertz CT molecular complexity index is 664. The average molecular weight is 288 g/mol. The number of rotatable bonds is 2. The van der Waals surface area contributed by atoms with E-state index in [9.17, 15) is 9.59 Å². The van der Waals surface area contributed by atoms with Crippen LogP contribution in [-0.2, 0) is 14.4 Å². The Kier molecular flexibility index (Phi) is 4.13. The molecule has 1 aromatic rings. The molecule has 1 heterocycles. The second-order valence-electron chi connectivity index (χ2n) is 4.76. The molecule has 1 N–H and O–H groups in total. The summed E-state index contributed by atoms with van der Waals surface area (Å²) in [5.74, 6) is -1.01. The van der Waals surface area contributed by atoms with Crippen LogP contribution in [0.2, 0.25) is 0 Å². The predicted molar refractivity (Wildman–Crippen MR) is 75.9 cm³/mol. The molecule has 0 saturated carbocycles. The number of nitrogens with one attached hydrogen (secondary N) is 1. The van der Waals surface area contributed by atoms with E-state index in [1.807, 2.05) is 32.0 Å². The zero-order valence-electron chi connectivity index (χ0n) is 12.3. The number of aryl methyl sites for hydroxylation is 2. The van der Waals surface area contributed by atoms with Crippen molar-refractivity contribution < 1.29 is 14.4 Å². The lowest BCUT2D eigenvalue weighted by Crippen LogP contribution is -2.29. The molecule has 1 saturated heterocycles. The number of hydrogen-bond acceptors (Lipinski definition) is 6. The zero-order valence-corrected chi connectivity index (χ0v) is 12.3. The van der Waals surface area contributed by atoms with Gasteiger partial charge >= 0.3 is 5.97 Å². The van der Waals surface area contributed by atoms with Crippen molar-refractivity contribution in [2.75, 3.05) is 5.01 Å².